The molecule has 0 atom stereocenters. The van der Waals surface area contributed by atoms with Gasteiger partial charge in [-0.25, -0.2) is 9.97 Å². The molecule has 0 unspecified atom stereocenters. The van der Waals surface area contributed by atoms with Crippen LogP contribution in [-0.2, 0) is 10.8 Å². The molecule has 0 fully saturated rings. The topological polar surface area (TPSA) is 25.8 Å². The molecule has 0 saturated carbocycles. The molecule has 0 spiro atoms. The van der Waals surface area contributed by atoms with Crippen LogP contribution < -0.4 is 0 Å². The number of hydrogen-bond donors (Lipinski definition) is 0. The van der Waals surface area contributed by atoms with Gasteiger partial charge >= 0.3 is 0 Å². The molecule has 0 aliphatic heterocycles. The molecule has 7 aromatic carbocycles. The fourth-order valence-electron chi connectivity index (χ4n) is 8.88. The molecule has 2 aliphatic carbocycles. The molecular formula is C50H38N2. The van der Waals surface area contributed by atoms with Crippen molar-refractivity contribution >= 4 is 10.8 Å². The van der Waals surface area contributed by atoms with Crippen LogP contribution in [0.15, 0.2) is 158 Å². The molecule has 0 radical (unpaired) electrons. The second-order valence-corrected chi connectivity index (χ2v) is 15.4. The van der Waals surface area contributed by atoms with Crippen molar-refractivity contribution in [3.05, 3.63) is 180 Å². The van der Waals surface area contributed by atoms with Gasteiger partial charge in [0.05, 0.1) is 11.4 Å². The zero-order chi connectivity index (χ0) is 35.2. The van der Waals surface area contributed by atoms with Gasteiger partial charge in [-0.3, -0.25) is 0 Å². The van der Waals surface area contributed by atoms with Crippen LogP contribution in [0.1, 0.15) is 49.9 Å². The molecule has 0 N–H and O–H groups in total. The Labute approximate surface area is 305 Å². The summed E-state index contributed by atoms with van der Waals surface area (Å²) >= 11 is 0. The summed E-state index contributed by atoms with van der Waals surface area (Å²) in [4.78, 5) is 10.5. The van der Waals surface area contributed by atoms with Crippen molar-refractivity contribution < 1.29 is 0 Å². The van der Waals surface area contributed by atoms with Crippen molar-refractivity contribution in [3.63, 3.8) is 0 Å². The van der Waals surface area contributed by atoms with E-state index in [1.165, 1.54) is 66.4 Å². The predicted molar refractivity (Wildman–Crippen MR) is 216 cm³/mol. The average molecular weight is 667 g/mol. The monoisotopic (exact) mass is 666 g/mol. The summed E-state index contributed by atoms with van der Waals surface area (Å²) in [5.41, 5.74) is 18.0. The lowest BCUT2D eigenvalue weighted by molar-refractivity contribution is 0.660. The van der Waals surface area contributed by atoms with Gasteiger partial charge in [0.1, 0.15) is 0 Å². The van der Waals surface area contributed by atoms with Gasteiger partial charge in [-0.15, -0.1) is 0 Å². The lowest BCUT2D eigenvalue weighted by atomic mass is 9.81. The van der Waals surface area contributed by atoms with Crippen molar-refractivity contribution in [1.82, 2.24) is 9.97 Å². The second kappa shape index (κ2) is 11.2. The molecule has 0 bridgehead atoms. The molecule has 0 saturated heterocycles. The van der Waals surface area contributed by atoms with Gasteiger partial charge in [-0.05, 0) is 96.7 Å². The van der Waals surface area contributed by atoms with E-state index in [1.54, 1.807) is 0 Å². The Morgan fingerprint density at radius 1 is 0.346 bits per heavy atom. The van der Waals surface area contributed by atoms with E-state index in [-0.39, 0.29) is 10.8 Å². The number of hydrogen-bond acceptors (Lipinski definition) is 2. The van der Waals surface area contributed by atoms with Crippen LogP contribution in [0.25, 0.3) is 78.1 Å². The summed E-state index contributed by atoms with van der Waals surface area (Å²) in [6.45, 7) is 9.38. The van der Waals surface area contributed by atoms with E-state index < -0.39 is 0 Å². The van der Waals surface area contributed by atoms with E-state index >= 15 is 0 Å². The van der Waals surface area contributed by atoms with Crippen LogP contribution >= 0.6 is 0 Å². The Morgan fingerprint density at radius 3 is 1.77 bits per heavy atom. The molecule has 2 heteroatoms. The maximum atomic E-state index is 5.30. The Hall–Kier alpha value is -6.12. The lowest BCUT2D eigenvalue weighted by Crippen LogP contribution is -2.14. The predicted octanol–water partition coefficient (Wildman–Crippen LogP) is 12.9. The first-order valence-electron chi connectivity index (χ1n) is 18.2. The van der Waals surface area contributed by atoms with E-state index in [1.807, 2.05) is 6.07 Å². The SMILES string of the molecule is CC1(C)c2ccccc2-c2ccc(-c3cccc(-c4cc(-c5cccc6c5-c5cc7ccccc7cc5C6(C)C)nc(-c5ccccc5)n4)c3)cc21. The number of fused-ring (bicyclic) bond motifs is 7. The van der Waals surface area contributed by atoms with Crippen molar-refractivity contribution in [2.75, 3.05) is 0 Å². The van der Waals surface area contributed by atoms with Gasteiger partial charge in [-0.1, -0.05) is 155 Å². The smallest absolute Gasteiger partial charge is 0.160 e. The number of rotatable bonds is 4. The zero-order valence-corrected chi connectivity index (χ0v) is 29.9. The highest BCUT2D eigenvalue weighted by atomic mass is 14.9. The second-order valence-electron chi connectivity index (χ2n) is 15.4. The third kappa shape index (κ3) is 4.57. The molecular weight excluding hydrogens is 629 g/mol. The van der Waals surface area contributed by atoms with E-state index in [2.05, 4.69) is 179 Å². The summed E-state index contributed by atoms with van der Waals surface area (Å²) in [6, 6.07) is 57.4. The third-order valence-corrected chi connectivity index (χ3v) is 11.7. The first-order chi connectivity index (χ1) is 25.3. The maximum absolute atomic E-state index is 5.30. The Kier molecular flexibility index (Phi) is 6.60. The quantitative estimate of drug-likeness (QED) is 0.187. The molecule has 10 rings (SSSR count). The fourth-order valence-corrected chi connectivity index (χ4v) is 8.88. The first kappa shape index (κ1) is 30.7. The van der Waals surface area contributed by atoms with Crippen molar-refractivity contribution in [2.24, 2.45) is 0 Å². The molecule has 52 heavy (non-hydrogen) atoms. The summed E-state index contributed by atoms with van der Waals surface area (Å²) < 4.78 is 0. The van der Waals surface area contributed by atoms with Crippen LogP contribution in [0.4, 0.5) is 0 Å². The average Bonchev–Trinajstić information content (AvgIpc) is 3.56. The van der Waals surface area contributed by atoms with E-state index in [9.17, 15) is 0 Å². The van der Waals surface area contributed by atoms with Crippen molar-refractivity contribution in [2.45, 2.75) is 38.5 Å². The normalized spacial score (nSPS) is 14.5. The van der Waals surface area contributed by atoms with Gasteiger partial charge in [0, 0.05) is 27.5 Å². The highest BCUT2D eigenvalue weighted by Gasteiger charge is 2.38. The zero-order valence-electron chi connectivity index (χ0n) is 29.9. The number of aromatic nitrogens is 2. The largest absolute Gasteiger partial charge is 0.228 e. The minimum atomic E-state index is -0.136. The van der Waals surface area contributed by atoms with Gasteiger partial charge in [0.15, 0.2) is 5.82 Å². The highest BCUT2D eigenvalue weighted by Crippen LogP contribution is 2.53. The minimum Gasteiger partial charge on any atom is -0.228 e. The van der Waals surface area contributed by atoms with Gasteiger partial charge in [-0.2, -0.15) is 0 Å². The van der Waals surface area contributed by atoms with Gasteiger partial charge in [0.2, 0.25) is 0 Å². The van der Waals surface area contributed by atoms with Gasteiger partial charge in [0.25, 0.3) is 0 Å². The van der Waals surface area contributed by atoms with Crippen LogP contribution in [0, 0.1) is 0 Å². The van der Waals surface area contributed by atoms with Crippen LogP contribution in [0.3, 0.4) is 0 Å². The fraction of sp³-hybridized carbons (Fsp3) is 0.120. The Bertz CT molecular complexity index is 2730. The van der Waals surface area contributed by atoms with Crippen LogP contribution in [-0.4, -0.2) is 9.97 Å². The van der Waals surface area contributed by atoms with E-state index in [0.29, 0.717) is 0 Å². The van der Waals surface area contributed by atoms with E-state index in [4.69, 9.17) is 9.97 Å². The lowest BCUT2D eigenvalue weighted by Gasteiger charge is -2.22. The van der Waals surface area contributed by atoms with Crippen molar-refractivity contribution in [3.8, 4) is 67.3 Å². The third-order valence-electron chi connectivity index (χ3n) is 11.7. The molecule has 248 valence electrons. The highest BCUT2D eigenvalue weighted by molar-refractivity contribution is 5.98. The Morgan fingerprint density at radius 2 is 0.923 bits per heavy atom. The van der Waals surface area contributed by atoms with Crippen LogP contribution in [0.5, 0.6) is 0 Å². The molecule has 0 amide bonds. The van der Waals surface area contributed by atoms with Crippen molar-refractivity contribution in [1.29, 1.82) is 0 Å². The number of benzene rings is 7. The maximum Gasteiger partial charge on any atom is 0.160 e. The summed E-state index contributed by atoms with van der Waals surface area (Å²) in [5, 5.41) is 2.53. The summed E-state index contributed by atoms with van der Waals surface area (Å²) in [6.07, 6.45) is 0. The molecule has 2 nitrogen and oxygen atoms in total. The molecule has 8 aromatic rings. The van der Waals surface area contributed by atoms with Gasteiger partial charge < -0.3 is 0 Å². The molecule has 1 aromatic heterocycles. The summed E-state index contributed by atoms with van der Waals surface area (Å²) in [5.74, 6) is 0.726. The minimum absolute atomic E-state index is 0.0545. The molecule has 1 heterocycles. The number of nitrogens with zero attached hydrogens (tertiary/aromatic N) is 2. The first-order valence-corrected chi connectivity index (χ1v) is 18.2. The Balaban J connectivity index is 1.14. The standard InChI is InChI=1S/C50H38N2/c1-49(2)41-22-11-10-20-37(41)38-25-24-35(29-43(38)49)32-18-12-19-36(26-32)45-30-46(52-48(51-45)31-14-6-5-7-15-31)39-21-13-23-42-47(39)40-27-33-16-8-9-17-34(33)28-44(40)50(42,3)4/h5-30H,1-4H3. The molecule has 2 aliphatic rings. The summed E-state index contributed by atoms with van der Waals surface area (Å²) in [7, 11) is 0. The van der Waals surface area contributed by atoms with E-state index in [0.717, 1.165) is 33.9 Å². The van der Waals surface area contributed by atoms with Crippen LogP contribution in [0.2, 0.25) is 0 Å².